The minimum Gasteiger partial charge on any atom is -0.347 e. The van der Waals surface area contributed by atoms with Crippen molar-refractivity contribution in [1.29, 1.82) is 0 Å². The average Bonchev–Trinajstić information content (AvgIpc) is 3.20. The maximum absolute atomic E-state index is 12.2. The largest absolute Gasteiger partial charge is 0.347 e. The molecule has 0 bridgehead atoms. The van der Waals surface area contributed by atoms with E-state index >= 15 is 0 Å². The van der Waals surface area contributed by atoms with Crippen molar-refractivity contribution < 1.29 is 22.1 Å². The van der Waals surface area contributed by atoms with E-state index in [1.165, 1.54) is 64.2 Å². The van der Waals surface area contributed by atoms with Gasteiger partial charge in [-0.05, 0) is 19.3 Å². The van der Waals surface area contributed by atoms with E-state index in [9.17, 15) is 8.42 Å². The standard InChI is InChI=1S/C23H44O5S/c1-2-3-4-5-6-7-8-9-10-14-21-29(24,25)28-18-17-23(26-19-20-27-23)22-15-12-11-13-16-22/h22H,2-21H2,1H3. The molecule has 1 saturated heterocycles. The molecular weight excluding hydrogens is 388 g/mol. The van der Waals surface area contributed by atoms with Crippen molar-refractivity contribution in [2.75, 3.05) is 25.6 Å². The summed E-state index contributed by atoms with van der Waals surface area (Å²) in [7, 11) is -3.45. The van der Waals surface area contributed by atoms with Crippen LogP contribution in [0.5, 0.6) is 0 Å². The Morgan fingerprint density at radius 2 is 1.38 bits per heavy atom. The van der Waals surface area contributed by atoms with Gasteiger partial charge in [-0.2, -0.15) is 8.42 Å². The highest BCUT2D eigenvalue weighted by Crippen LogP contribution is 2.40. The van der Waals surface area contributed by atoms with Crippen LogP contribution in [0.2, 0.25) is 0 Å². The predicted molar refractivity (Wildman–Crippen MR) is 117 cm³/mol. The molecule has 2 aliphatic rings. The Labute approximate surface area is 179 Å². The molecular formula is C23H44O5S. The summed E-state index contributed by atoms with van der Waals surface area (Å²) in [6.45, 7) is 3.60. The fourth-order valence-electron chi connectivity index (χ4n) is 4.73. The first-order valence-electron chi connectivity index (χ1n) is 12.2. The Morgan fingerprint density at radius 3 is 1.97 bits per heavy atom. The Kier molecular flexibility index (Phi) is 12.1. The lowest BCUT2D eigenvalue weighted by Crippen LogP contribution is -2.41. The van der Waals surface area contributed by atoms with Crippen LogP contribution in [0.4, 0.5) is 0 Å². The number of rotatable bonds is 16. The maximum Gasteiger partial charge on any atom is 0.267 e. The zero-order valence-corrected chi connectivity index (χ0v) is 19.5. The first-order valence-corrected chi connectivity index (χ1v) is 13.8. The lowest BCUT2D eigenvalue weighted by molar-refractivity contribution is -0.209. The third-order valence-corrected chi connectivity index (χ3v) is 7.78. The van der Waals surface area contributed by atoms with E-state index < -0.39 is 15.9 Å². The summed E-state index contributed by atoms with van der Waals surface area (Å²) in [4.78, 5) is 0. The lowest BCUT2D eigenvalue weighted by Gasteiger charge is -2.37. The van der Waals surface area contributed by atoms with E-state index in [0.717, 1.165) is 25.7 Å². The van der Waals surface area contributed by atoms with Gasteiger partial charge in [0.05, 0.1) is 25.6 Å². The van der Waals surface area contributed by atoms with Crippen LogP contribution in [0.1, 0.15) is 110 Å². The average molecular weight is 433 g/mol. The summed E-state index contributed by atoms with van der Waals surface area (Å²) < 4.78 is 41.7. The minimum atomic E-state index is -3.45. The fraction of sp³-hybridized carbons (Fsp3) is 1.00. The molecule has 29 heavy (non-hydrogen) atoms. The summed E-state index contributed by atoms with van der Waals surface area (Å²) in [5.74, 6) is -0.124. The molecule has 0 radical (unpaired) electrons. The zero-order chi connectivity index (χ0) is 20.8. The molecule has 6 heteroatoms. The van der Waals surface area contributed by atoms with Crippen LogP contribution in [0.15, 0.2) is 0 Å². The van der Waals surface area contributed by atoms with E-state index in [2.05, 4.69) is 6.92 Å². The fourth-order valence-corrected chi connectivity index (χ4v) is 5.75. The van der Waals surface area contributed by atoms with Gasteiger partial charge < -0.3 is 9.47 Å². The molecule has 1 heterocycles. The van der Waals surface area contributed by atoms with Gasteiger partial charge in [-0.1, -0.05) is 84.0 Å². The third kappa shape index (κ3) is 9.67. The summed E-state index contributed by atoms with van der Waals surface area (Å²) in [6.07, 6.45) is 18.3. The molecule has 1 saturated carbocycles. The van der Waals surface area contributed by atoms with E-state index in [-0.39, 0.29) is 12.4 Å². The van der Waals surface area contributed by atoms with Gasteiger partial charge in [0.2, 0.25) is 0 Å². The summed E-state index contributed by atoms with van der Waals surface area (Å²) >= 11 is 0. The van der Waals surface area contributed by atoms with Crippen LogP contribution in [-0.4, -0.2) is 39.8 Å². The van der Waals surface area contributed by atoms with Crippen molar-refractivity contribution in [2.24, 2.45) is 5.92 Å². The van der Waals surface area contributed by atoms with Gasteiger partial charge in [0.25, 0.3) is 10.1 Å². The normalized spacial score (nSPS) is 20.3. The van der Waals surface area contributed by atoms with Crippen LogP contribution >= 0.6 is 0 Å². The SMILES string of the molecule is CCCCCCCCCCCCS(=O)(=O)OCCC1(C2CCCCC2)OCCO1. The highest BCUT2D eigenvalue weighted by molar-refractivity contribution is 7.86. The number of ether oxygens (including phenoxy) is 2. The van der Waals surface area contributed by atoms with Crippen LogP contribution in [-0.2, 0) is 23.8 Å². The second kappa shape index (κ2) is 14.0. The van der Waals surface area contributed by atoms with E-state index in [1.54, 1.807) is 0 Å². The van der Waals surface area contributed by atoms with Crippen molar-refractivity contribution in [2.45, 2.75) is 115 Å². The van der Waals surface area contributed by atoms with Crippen LogP contribution in [0, 0.1) is 5.92 Å². The van der Waals surface area contributed by atoms with Crippen LogP contribution < -0.4 is 0 Å². The van der Waals surface area contributed by atoms with E-state index in [4.69, 9.17) is 13.7 Å². The van der Waals surface area contributed by atoms with E-state index in [0.29, 0.717) is 32.0 Å². The minimum absolute atomic E-state index is 0.127. The first-order chi connectivity index (χ1) is 14.1. The predicted octanol–water partition coefficient (Wildman–Crippen LogP) is 5.97. The van der Waals surface area contributed by atoms with Crippen LogP contribution in [0.3, 0.4) is 0 Å². The summed E-state index contributed by atoms with van der Waals surface area (Å²) in [5.41, 5.74) is 0. The van der Waals surface area contributed by atoms with Crippen molar-refractivity contribution in [3.63, 3.8) is 0 Å². The molecule has 0 N–H and O–H groups in total. The Morgan fingerprint density at radius 1 is 0.828 bits per heavy atom. The molecule has 0 aromatic rings. The van der Waals surface area contributed by atoms with Crippen molar-refractivity contribution >= 4 is 10.1 Å². The van der Waals surface area contributed by atoms with Crippen molar-refractivity contribution in [3.05, 3.63) is 0 Å². The topological polar surface area (TPSA) is 61.8 Å². The second-order valence-corrected chi connectivity index (χ2v) is 10.6. The number of hydrogen-bond donors (Lipinski definition) is 0. The number of unbranched alkanes of at least 4 members (excludes halogenated alkanes) is 9. The first kappa shape index (κ1) is 25.1. The molecule has 5 nitrogen and oxygen atoms in total. The second-order valence-electron chi connectivity index (χ2n) is 8.86. The Balaban J connectivity index is 1.55. The van der Waals surface area contributed by atoms with Crippen molar-refractivity contribution in [3.8, 4) is 0 Å². The van der Waals surface area contributed by atoms with Crippen molar-refractivity contribution in [1.82, 2.24) is 0 Å². The Hall–Kier alpha value is -0.170. The molecule has 0 amide bonds. The molecule has 2 fully saturated rings. The van der Waals surface area contributed by atoms with Gasteiger partial charge in [0.1, 0.15) is 0 Å². The van der Waals surface area contributed by atoms with Gasteiger partial charge in [-0.3, -0.25) is 4.18 Å². The highest BCUT2D eigenvalue weighted by atomic mass is 32.2. The molecule has 2 rings (SSSR count). The van der Waals surface area contributed by atoms with Gasteiger partial charge in [-0.25, -0.2) is 0 Å². The van der Waals surface area contributed by atoms with Gasteiger partial charge >= 0.3 is 0 Å². The summed E-state index contributed by atoms with van der Waals surface area (Å²) in [6, 6.07) is 0. The molecule has 0 aromatic heterocycles. The Bertz CT molecular complexity index is 507. The monoisotopic (exact) mass is 432 g/mol. The third-order valence-electron chi connectivity index (χ3n) is 6.46. The molecule has 0 aromatic carbocycles. The summed E-state index contributed by atoms with van der Waals surface area (Å²) in [5, 5.41) is 0. The molecule has 0 atom stereocenters. The smallest absolute Gasteiger partial charge is 0.267 e. The van der Waals surface area contributed by atoms with Gasteiger partial charge in [0, 0.05) is 12.3 Å². The molecule has 0 spiro atoms. The lowest BCUT2D eigenvalue weighted by atomic mass is 9.82. The number of hydrogen-bond acceptors (Lipinski definition) is 5. The zero-order valence-electron chi connectivity index (χ0n) is 18.7. The van der Waals surface area contributed by atoms with Gasteiger partial charge in [0.15, 0.2) is 5.79 Å². The molecule has 1 aliphatic heterocycles. The molecule has 172 valence electrons. The van der Waals surface area contributed by atoms with Gasteiger partial charge in [-0.15, -0.1) is 0 Å². The molecule has 0 unspecified atom stereocenters. The quantitative estimate of drug-likeness (QED) is 0.222. The molecule has 1 aliphatic carbocycles. The maximum atomic E-state index is 12.2. The van der Waals surface area contributed by atoms with E-state index in [1.807, 2.05) is 0 Å². The highest BCUT2D eigenvalue weighted by Gasteiger charge is 2.44. The van der Waals surface area contributed by atoms with Crippen LogP contribution in [0.25, 0.3) is 0 Å².